The Bertz CT molecular complexity index is 666. The number of amides is 1. The molecule has 0 bridgehead atoms. The Morgan fingerprint density at radius 2 is 1.96 bits per heavy atom. The maximum absolute atomic E-state index is 11.9. The molecule has 0 unspecified atom stereocenters. The fourth-order valence-electron chi connectivity index (χ4n) is 2.15. The van der Waals surface area contributed by atoms with E-state index < -0.39 is 0 Å². The number of thioether (sulfide) groups is 1. The van der Waals surface area contributed by atoms with Crippen molar-refractivity contribution in [3.63, 3.8) is 0 Å². The third kappa shape index (κ3) is 4.82. The van der Waals surface area contributed by atoms with Gasteiger partial charge in [0.25, 0.3) is 5.22 Å². The van der Waals surface area contributed by atoms with E-state index in [1.807, 2.05) is 25.1 Å². The molecule has 2 aromatic rings. The standard InChI is InChI=1S/C17H23N3O2S/c1-5-14(6-2)18-15(21)10-23-17-20-19-16(22-17)13-8-7-11(3)12(4)9-13/h7-9,14H,5-6,10H2,1-4H3,(H,18,21). The van der Waals surface area contributed by atoms with Gasteiger partial charge in [0.05, 0.1) is 5.75 Å². The highest BCUT2D eigenvalue weighted by molar-refractivity contribution is 7.99. The Morgan fingerprint density at radius 3 is 2.61 bits per heavy atom. The van der Waals surface area contributed by atoms with Gasteiger partial charge in [0.1, 0.15) is 0 Å². The van der Waals surface area contributed by atoms with Gasteiger partial charge in [0.2, 0.25) is 11.8 Å². The van der Waals surface area contributed by atoms with Gasteiger partial charge in [-0.25, -0.2) is 0 Å². The Morgan fingerprint density at radius 1 is 1.22 bits per heavy atom. The van der Waals surface area contributed by atoms with Crippen LogP contribution in [0, 0.1) is 13.8 Å². The molecule has 23 heavy (non-hydrogen) atoms. The summed E-state index contributed by atoms with van der Waals surface area (Å²) in [7, 11) is 0. The van der Waals surface area contributed by atoms with Crippen molar-refractivity contribution in [2.24, 2.45) is 0 Å². The molecule has 1 amide bonds. The molecule has 1 aromatic carbocycles. The second-order valence-corrected chi connectivity index (χ2v) is 6.47. The van der Waals surface area contributed by atoms with Gasteiger partial charge >= 0.3 is 0 Å². The van der Waals surface area contributed by atoms with E-state index in [9.17, 15) is 4.79 Å². The van der Waals surface area contributed by atoms with Crippen LogP contribution in [0.3, 0.4) is 0 Å². The quantitative estimate of drug-likeness (QED) is 0.782. The predicted octanol–water partition coefficient (Wildman–Crippen LogP) is 3.75. The first-order valence-electron chi connectivity index (χ1n) is 7.86. The fraction of sp³-hybridized carbons (Fsp3) is 0.471. The molecule has 0 aliphatic rings. The van der Waals surface area contributed by atoms with E-state index in [0.29, 0.717) is 11.1 Å². The lowest BCUT2D eigenvalue weighted by molar-refractivity contribution is -0.119. The van der Waals surface area contributed by atoms with Crippen LogP contribution in [0.15, 0.2) is 27.8 Å². The number of rotatable bonds is 7. The van der Waals surface area contributed by atoms with E-state index in [4.69, 9.17) is 4.42 Å². The fourth-order valence-corrected chi connectivity index (χ4v) is 2.72. The number of aromatic nitrogens is 2. The van der Waals surface area contributed by atoms with Crippen molar-refractivity contribution in [1.29, 1.82) is 0 Å². The molecule has 1 aromatic heterocycles. The van der Waals surface area contributed by atoms with E-state index in [2.05, 4.69) is 36.3 Å². The summed E-state index contributed by atoms with van der Waals surface area (Å²) in [6, 6.07) is 6.25. The summed E-state index contributed by atoms with van der Waals surface area (Å²) in [6.45, 7) is 8.24. The number of aryl methyl sites for hydroxylation is 2. The highest BCUT2D eigenvalue weighted by Gasteiger charge is 2.13. The van der Waals surface area contributed by atoms with E-state index in [0.717, 1.165) is 18.4 Å². The highest BCUT2D eigenvalue weighted by atomic mass is 32.2. The minimum absolute atomic E-state index is 0.00497. The summed E-state index contributed by atoms with van der Waals surface area (Å²) >= 11 is 1.26. The molecule has 0 spiro atoms. The van der Waals surface area contributed by atoms with Gasteiger partial charge in [0, 0.05) is 11.6 Å². The molecular weight excluding hydrogens is 310 g/mol. The van der Waals surface area contributed by atoms with Crippen LogP contribution in [0.25, 0.3) is 11.5 Å². The van der Waals surface area contributed by atoms with Crippen LogP contribution in [0.4, 0.5) is 0 Å². The van der Waals surface area contributed by atoms with Crippen molar-refractivity contribution in [3.8, 4) is 11.5 Å². The van der Waals surface area contributed by atoms with Gasteiger partial charge in [0.15, 0.2) is 0 Å². The van der Waals surface area contributed by atoms with Crippen molar-refractivity contribution in [2.45, 2.75) is 51.8 Å². The van der Waals surface area contributed by atoms with Gasteiger partial charge in [-0.15, -0.1) is 10.2 Å². The van der Waals surface area contributed by atoms with Gasteiger partial charge in [-0.2, -0.15) is 0 Å². The van der Waals surface area contributed by atoms with Gasteiger partial charge in [-0.1, -0.05) is 31.7 Å². The van der Waals surface area contributed by atoms with Crippen molar-refractivity contribution in [2.75, 3.05) is 5.75 Å². The van der Waals surface area contributed by atoms with Crippen LogP contribution in [0.5, 0.6) is 0 Å². The first-order chi connectivity index (χ1) is 11.0. The number of hydrogen-bond acceptors (Lipinski definition) is 5. The molecule has 0 saturated heterocycles. The number of nitrogens with zero attached hydrogens (tertiary/aromatic N) is 2. The molecular formula is C17H23N3O2S. The van der Waals surface area contributed by atoms with Crippen LogP contribution in [0.1, 0.15) is 37.8 Å². The highest BCUT2D eigenvalue weighted by Crippen LogP contribution is 2.24. The Hall–Kier alpha value is -1.82. The molecule has 0 atom stereocenters. The number of hydrogen-bond donors (Lipinski definition) is 1. The molecule has 124 valence electrons. The van der Waals surface area contributed by atoms with Crippen molar-refractivity contribution in [3.05, 3.63) is 29.3 Å². The average Bonchev–Trinajstić information content (AvgIpc) is 3.02. The van der Waals surface area contributed by atoms with Gasteiger partial charge in [-0.3, -0.25) is 4.79 Å². The largest absolute Gasteiger partial charge is 0.411 e. The van der Waals surface area contributed by atoms with E-state index >= 15 is 0 Å². The first kappa shape index (κ1) is 17.5. The third-order valence-corrected chi connectivity index (χ3v) is 4.66. The minimum Gasteiger partial charge on any atom is -0.411 e. The average molecular weight is 333 g/mol. The SMILES string of the molecule is CCC(CC)NC(=O)CSc1nnc(-c2ccc(C)c(C)c2)o1. The Kier molecular flexibility index (Phi) is 6.21. The summed E-state index contributed by atoms with van der Waals surface area (Å²) in [6.07, 6.45) is 1.87. The minimum atomic E-state index is -0.00497. The molecule has 0 fully saturated rings. The number of carbonyl (C=O) groups is 1. The molecule has 0 aliphatic carbocycles. The molecule has 0 saturated carbocycles. The van der Waals surface area contributed by atoms with Crippen LogP contribution in [-0.4, -0.2) is 27.9 Å². The smallest absolute Gasteiger partial charge is 0.277 e. The first-order valence-corrected chi connectivity index (χ1v) is 8.85. The van der Waals surface area contributed by atoms with Crippen LogP contribution in [0.2, 0.25) is 0 Å². The lowest BCUT2D eigenvalue weighted by Crippen LogP contribution is -2.34. The Labute approximate surface area is 141 Å². The molecule has 2 rings (SSSR count). The van der Waals surface area contributed by atoms with E-state index in [1.54, 1.807) is 0 Å². The van der Waals surface area contributed by atoms with Gasteiger partial charge < -0.3 is 9.73 Å². The van der Waals surface area contributed by atoms with Gasteiger partial charge in [-0.05, 0) is 49.9 Å². The zero-order valence-corrected chi connectivity index (χ0v) is 14.9. The van der Waals surface area contributed by atoms with E-state index in [1.165, 1.54) is 22.9 Å². The summed E-state index contributed by atoms with van der Waals surface area (Å²) < 4.78 is 5.63. The lowest BCUT2D eigenvalue weighted by Gasteiger charge is -2.13. The predicted molar refractivity (Wildman–Crippen MR) is 92.4 cm³/mol. The summed E-state index contributed by atoms with van der Waals surface area (Å²) in [5.74, 6) is 0.760. The van der Waals surface area contributed by atoms with E-state index in [-0.39, 0.29) is 17.7 Å². The second kappa shape index (κ2) is 8.15. The maximum Gasteiger partial charge on any atom is 0.277 e. The molecule has 1 heterocycles. The summed E-state index contributed by atoms with van der Waals surface area (Å²) in [5, 5.41) is 11.5. The van der Waals surface area contributed by atoms with Crippen LogP contribution >= 0.6 is 11.8 Å². The van der Waals surface area contributed by atoms with Crippen LogP contribution < -0.4 is 5.32 Å². The lowest BCUT2D eigenvalue weighted by atomic mass is 10.1. The molecule has 5 nitrogen and oxygen atoms in total. The molecule has 6 heteroatoms. The van der Waals surface area contributed by atoms with Crippen LogP contribution in [-0.2, 0) is 4.79 Å². The number of carbonyl (C=O) groups excluding carboxylic acids is 1. The molecule has 0 aliphatic heterocycles. The Balaban J connectivity index is 1.94. The normalized spacial score (nSPS) is 11.0. The zero-order valence-electron chi connectivity index (χ0n) is 14.0. The third-order valence-electron chi connectivity index (χ3n) is 3.84. The summed E-state index contributed by atoms with van der Waals surface area (Å²) in [4.78, 5) is 11.9. The molecule has 0 radical (unpaired) electrons. The summed E-state index contributed by atoms with van der Waals surface area (Å²) in [5.41, 5.74) is 3.30. The zero-order chi connectivity index (χ0) is 16.8. The number of nitrogens with one attached hydrogen (secondary N) is 1. The number of benzene rings is 1. The van der Waals surface area contributed by atoms with Crippen molar-refractivity contribution < 1.29 is 9.21 Å². The van der Waals surface area contributed by atoms with Crippen molar-refractivity contribution in [1.82, 2.24) is 15.5 Å². The molecule has 1 N–H and O–H groups in total. The topological polar surface area (TPSA) is 68.0 Å². The monoisotopic (exact) mass is 333 g/mol. The maximum atomic E-state index is 11.9. The second-order valence-electron chi connectivity index (χ2n) is 5.54. The van der Waals surface area contributed by atoms with Crippen molar-refractivity contribution >= 4 is 17.7 Å².